The van der Waals surface area contributed by atoms with E-state index < -0.39 is 11.9 Å². The molecule has 4 heteroatoms. The molecule has 1 rings (SSSR count). The molecule has 0 spiro atoms. The first-order chi connectivity index (χ1) is 6.16. The van der Waals surface area contributed by atoms with Crippen LogP contribution in [0.15, 0.2) is 24.3 Å². The Hall–Kier alpha value is -1.06. The SMILES string of the molecule is CN[C@@H](C(N)=O)c1ccccc1Cl. The third kappa shape index (κ3) is 2.20. The van der Waals surface area contributed by atoms with Crippen molar-refractivity contribution in [3.8, 4) is 0 Å². The average Bonchev–Trinajstić information content (AvgIpc) is 2.09. The number of likely N-dealkylation sites (N-methyl/N-ethyl adjacent to an activating group) is 1. The molecule has 1 atom stereocenters. The van der Waals surface area contributed by atoms with Gasteiger partial charge in [0.25, 0.3) is 0 Å². The van der Waals surface area contributed by atoms with E-state index in [2.05, 4.69) is 5.32 Å². The minimum atomic E-state index is -0.520. The van der Waals surface area contributed by atoms with Crippen LogP contribution in [0.3, 0.4) is 0 Å². The molecule has 0 heterocycles. The first-order valence-electron chi connectivity index (χ1n) is 3.88. The lowest BCUT2D eigenvalue weighted by Crippen LogP contribution is -2.31. The van der Waals surface area contributed by atoms with Crippen LogP contribution in [0.1, 0.15) is 11.6 Å². The van der Waals surface area contributed by atoms with E-state index in [-0.39, 0.29) is 0 Å². The fourth-order valence-corrected chi connectivity index (χ4v) is 1.41. The molecule has 0 fully saturated rings. The number of carbonyl (C=O) groups is 1. The molecule has 0 aliphatic carbocycles. The summed E-state index contributed by atoms with van der Waals surface area (Å²) in [7, 11) is 1.67. The molecule has 0 bridgehead atoms. The summed E-state index contributed by atoms with van der Waals surface area (Å²) in [6.45, 7) is 0. The minimum Gasteiger partial charge on any atom is -0.368 e. The Morgan fingerprint density at radius 2 is 2.15 bits per heavy atom. The lowest BCUT2D eigenvalue weighted by atomic mass is 10.1. The summed E-state index contributed by atoms with van der Waals surface area (Å²) >= 11 is 5.89. The van der Waals surface area contributed by atoms with Crippen molar-refractivity contribution in [3.05, 3.63) is 34.9 Å². The molecule has 0 radical (unpaired) electrons. The van der Waals surface area contributed by atoms with Crippen LogP contribution >= 0.6 is 11.6 Å². The van der Waals surface area contributed by atoms with Crippen molar-refractivity contribution < 1.29 is 4.79 Å². The topological polar surface area (TPSA) is 55.1 Å². The largest absolute Gasteiger partial charge is 0.368 e. The van der Waals surface area contributed by atoms with Crippen molar-refractivity contribution in [1.82, 2.24) is 5.32 Å². The second kappa shape index (κ2) is 4.25. The summed E-state index contributed by atoms with van der Waals surface area (Å²) in [6, 6.07) is 6.60. The fraction of sp³-hybridized carbons (Fsp3) is 0.222. The van der Waals surface area contributed by atoms with Crippen LogP contribution in [0.5, 0.6) is 0 Å². The number of nitrogens with one attached hydrogen (secondary N) is 1. The van der Waals surface area contributed by atoms with Gasteiger partial charge in [0.1, 0.15) is 6.04 Å². The van der Waals surface area contributed by atoms with Crippen LogP contribution in [0.4, 0.5) is 0 Å². The van der Waals surface area contributed by atoms with Crippen LogP contribution in [0.25, 0.3) is 0 Å². The van der Waals surface area contributed by atoms with Crippen molar-refractivity contribution in [2.45, 2.75) is 6.04 Å². The first kappa shape index (κ1) is 10.0. The lowest BCUT2D eigenvalue weighted by molar-refractivity contribution is -0.120. The Kier molecular flexibility index (Phi) is 3.28. The second-order valence-electron chi connectivity index (χ2n) is 2.65. The molecular weight excluding hydrogens is 188 g/mol. The Morgan fingerprint density at radius 3 is 2.62 bits per heavy atom. The van der Waals surface area contributed by atoms with Crippen molar-refractivity contribution in [1.29, 1.82) is 0 Å². The Labute approximate surface area is 81.9 Å². The van der Waals surface area contributed by atoms with E-state index in [1.165, 1.54) is 0 Å². The number of hydrogen-bond donors (Lipinski definition) is 2. The molecule has 3 N–H and O–H groups in total. The molecule has 0 unspecified atom stereocenters. The van der Waals surface area contributed by atoms with E-state index in [1.54, 1.807) is 25.2 Å². The third-order valence-electron chi connectivity index (χ3n) is 1.79. The summed E-state index contributed by atoms with van der Waals surface area (Å²) in [5.41, 5.74) is 5.90. The summed E-state index contributed by atoms with van der Waals surface area (Å²) in [5, 5.41) is 3.34. The van der Waals surface area contributed by atoms with Gasteiger partial charge >= 0.3 is 0 Å². The monoisotopic (exact) mass is 198 g/mol. The molecule has 13 heavy (non-hydrogen) atoms. The molecule has 3 nitrogen and oxygen atoms in total. The van der Waals surface area contributed by atoms with Crippen LogP contribution in [-0.2, 0) is 4.79 Å². The highest BCUT2D eigenvalue weighted by atomic mass is 35.5. The number of halogens is 1. The molecule has 1 aromatic rings. The number of primary amides is 1. The predicted molar refractivity (Wildman–Crippen MR) is 52.4 cm³/mol. The quantitative estimate of drug-likeness (QED) is 0.764. The summed E-state index contributed by atoms with van der Waals surface area (Å²) in [5.74, 6) is -0.435. The number of rotatable bonds is 3. The zero-order chi connectivity index (χ0) is 9.84. The lowest BCUT2D eigenvalue weighted by Gasteiger charge is -2.13. The number of benzene rings is 1. The highest BCUT2D eigenvalue weighted by Crippen LogP contribution is 2.21. The summed E-state index contributed by atoms with van der Waals surface area (Å²) in [6.07, 6.45) is 0. The molecular formula is C9H11ClN2O. The van der Waals surface area contributed by atoms with Crippen molar-refractivity contribution >= 4 is 17.5 Å². The maximum absolute atomic E-state index is 11.0. The van der Waals surface area contributed by atoms with Gasteiger partial charge < -0.3 is 11.1 Å². The maximum atomic E-state index is 11.0. The van der Waals surface area contributed by atoms with Crippen LogP contribution in [-0.4, -0.2) is 13.0 Å². The molecule has 1 aromatic carbocycles. The zero-order valence-corrected chi connectivity index (χ0v) is 8.01. The van der Waals surface area contributed by atoms with Gasteiger partial charge in [0.2, 0.25) is 5.91 Å². The van der Waals surface area contributed by atoms with E-state index in [4.69, 9.17) is 17.3 Å². The zero-order valence-electron chi connectivity index (χ0n) is 7.25. The van der Waals surface area contributed by atoms with E-state index in [9.17, 15) is 4.79 Å². The van der Waals surface area contributed by atoms with Gasteiger partial charge in [0.05, 0.1) is 0 Å². The van der Waals surface area contributed by atoms with Crippen LogP contribution in [0.2, 0.25) is 5.02 Å². The second-order valence-corrected chi connectivity index (χ2v) is 3.05. The summed E-state index contributed by atoms with van der Waals surface area (Å²) in [4.78, 5) is 11.0. The van der Waals surface area contributed by atoms with Gasteiger partial charge in [-0.3, -0.25) is 4.79 Å². The average molecular weight is 199 g/mol. The highest BCUT2D eigenvalue weighted by molar-refractivity contribution is 6.31. The molecule has 1 amide bonds. The molecule has 0 aromatic heterocycles. The predicted octanol–water partition coefficient (Wildman–Crippen LogP) is 1.09. The minimum absolute atomic E-state index is 0.435. The molecule has 0 aliphatic heterocycles. The first-order valence-corrected chi connectivity index (χ1v) is 4.25. The van der Waals surface area contributed by atoms with Crippen molar-refractivity contribution in [2.24, 2.45) is 5.73 Å². The van der Waals surface area contributed by atoms with E-state index in [1.807, 2.05) is 6.07 Å². The number of nitrogens with two attached hydrogens (primary N) is 1. The van der Waals surface area contributed by atoms with Gasteiger partial charge in [0.15, 0.2) is 0 Å². The van der Waals surface area contributed by atoms with Crippen molar-refractivity contribution in [3.63, 3.8) is 0 Å². The van der Waals surface area contributed by atoms with Gasteiger partial charge in [-0.2, -0.15) is 0 Å². The van der Waals surface area contributed by atoms with E-state index in [0.29, 0.717) is 10.6 Å². The molecule has 70 valence electrons. The molecule has 0 saturated carbocycles. The van der Waals surface area contributed by atoms with Gasteiger partial charge in [0, 0.05) is 5.02 Å². The van der Waals surface area contributed by atoms with Crippen LogP contribution in [0, 0.1) is 0 Å². The number of carbonyl (C=O) groups excluding carboxylic acids is 1. The smallest absolute Gasteiger partial charge is 0.239 e. The van der Waals surface area contributed by atoms with Crippen LogP contribution < -0.4 is 11.1 Å². The van der Waals surface area contributed by atoms with Gasteiger partial charge in [-0.15, -0.1) is 0 Å². The van der Waals surface area contributed by atoms with Gasteiger partial charge in [-0.25, -0.2) is 0 Å². The number of amides is 1. The van der Waals surface area contributed by atoms with Crippen molar-refractivity contribution in [2.75, 3.05) is 7.05 Å². The third-order valence-corrected chi connectivity index (χ3v) is 2.13. The molecule has 0 aliphatic rings. The summed E-state index contributed by atoms with van der Waals surface area (Å²) < 4.78 is 0. The maximum Gasteiger partial charge on any atom is 0.239 e. The fourth-order valence-electron chi connectivity index (χ4n) is 1.16. The Bertz CT molecular complexity index is 314. The number of hydrogen-bond acceptors (Lipinski definition) is 2. The van der Waals surface area contributed by atoms with E-state index in [0.717, 1.165) is 0 Å². The molecule has 0 saturated heterocycles. The van der Waals surface area contributed by atoms with Gasteiger partial charge in [-0.1, -0.05) is 29.8 Å². The Balaban J connectivity index is 3.04. The van der Waals surface area contributed by atoms with E-state index >= 15 is 0 Å². The van der Waals surface area contributed by atoms with Gasteiger partial charge in [-0.05, 0) is 18.7 Å². The highest BCUT2D eigenvalue weighted by Gasteiger charge is 2.17. The normalized spacial score (nSPS) is 12.5. The Morgan fingerprint density at radius 1 is 1.54 bits per heavy atom. The standard InChI is InChI=1S/C9H11ClN2O/c1-12-8(9(11)13)6-4-2-3-5-7(6)10/h2-5,8,12H,1H3,(H2,11,13)/t8-/m1/s1.